The van der Waals surface area contributed by atoms with E-state index >= 15 is 0 Å². The van der Waals surface area contributed by atoms with Crippen molar-refractivity contribution in [2.24, 2.45) is 0 Å². The number of halogens is 3. The molecular weight excluding hydrogens is 373 g/mol. The van der Waals surface area contributed by atoms with Gasteiger partial charge in [-0.15, -0.1) is 0 Å². The van der Waals surface area contributed by atoms with Crippen LogP contribution in [0.4, 0.5) is 13.2 Å². The molecule has 0 saturated carbocycles. The van der Waals surface area contributed by atoms with Crippen LogP contribution in [-0.4, -0.2) is 0 Å². The van der Waals surface area contributed by atoms with Crippen molar-refractivity contribution in [3.8, 4) is 28.0 Å². The van der Waals surface area contributed by atoms with Crippen molar-refractivity contribution < 1.29 is 17.9 Å². The van der Waals surface area contributed by atoms with Crippen molar-refractivity contribution in [3.05, 3.63) is 114 Å². The summed E-state index contributed by atoms with van der Waals surface area (Å²) in [4.78, 5) is 0. The average molecular weight is 390 g/mol. The predicted molar refractivity (Wildman–Crippen MR) is 108 cm³/mol. The minimum atomic E-state index is -0.520. The highest BCUT2D eigenvalue weighted by Gasteiger charge is 2.11. The molecule has 0 spiro atoms. The second-order valence-corrected chi connectivity index (χ2v) is 6.62. The molecule has 144 valence electrons. The Balaban J connectivity index is 1.55. The monoisotopic (exact) mass is 390 g/mol. The van der Waals surface area contributed by atoms with Gasteiger partial charge in [0, 0.05) is 5.56 Å². The third kappa shape index (κ3) is 4.32. The molecule has 0 atom stereocenters. The van der Waals surface area contributed by atoms with Crippen LogP contribution in [-0.2, 0) is 6.61 Å². The van der Waals surface area contributed by atoms with Crippen LogP contribution in [0.1, 0.15) is 5.56 Å². The van der Waals surface area contributed by atoms with Gasteiger partial charge in [-0.2, -0.15) is 0 Å². The van der Waals surface area contributed by atoms with Gasteiger partial charge in [0.2, 0.25) is 0 Å². The van der Waals surface area contributed by atoms with E-state index in [1.165, 1.54) is 36.4 Å². The molecule has 29 heavy (non-hydrogen) atoms. The molecule has 4 aromatic rings. The maximum atomic E-state index is 14.6. The Kier molecular flexibility index (Phi) is 5.34. The molecule has 0 heterocycles. The fourth-order valence-corrected chi connectivity index (χ4v) is 3.12. The van der Waals surface area contributed by atoms with Crippen LogP contribution in [0.5, 0.6) is 5.75 Å². The van der Waals surface area contributed by atoms with Crippen LogP contribution in [0, 0.1) is 17.5 Å². The Labute approximate surface area is 167 Å². The second kappa shape index (κ2) is 8.23. The summed E-state index contributed by atoms with van der Waals surface area (Å²) in [6.07, 6.45) is 0. The molecule has 0 unspecified atom stereocenters. The van der Waals surface area contributed by atoms with E-state index in [4.69, 9.17) is 4.74 Å². The molecule has 4 aromatic carbocycles. The quantitative estimate of drug-likeness (QED) is 0.356. The molecule has 0 radical (unpaired) electrons. The van der Waals surface area contributed by atoms with Crippen molar-refractivity contribution in [1.82, 2.24) is 0 Å². The lowest BCUT2D eigenvalue weighted by molar-refractivity contribution is 0.290. The molecule has 0 fully saturated rings. The summed E-state index contributed by atoms with van der Waals surface area (Å²) >= 11 is 0. The average Bonchev–Trinajstić information content (AvgIpc) is 2.73. The predicted octanol–water partition coefficient (Wildman–Crippen LogP) is 7.02. The summed E-state index contributed by atoms with van der Waals surface area (Å²) in [6, 6.07) is 24.3. The Morgan fingerprint density at radius 1 is 0.586 bits per heavy atom. The zero-order valence-electron chi connectivity index (χ0n) is 15.4. The van der Waals surface area contributed by atoms with Crippen LogP contribution in [0.25, 0.3) is 22.3 Å². The normalized spacial score (nSPS) is 10.7. The molecule has 0 aliphatic carbocycles. The van der Waals surface area contributed by atoms with Gasteiger partial charge >= 0.3 is 0 Å². The van der Waals surface area contributed by atoms with Crippen molar-refractivity contribution in [2.75, 3.05) is 0 Å². The van der Waals surface area contributed by atoms with E-state index in [1.54, 1.807) is 24.3 Å². The number of hydrogen-bond acceptors (Lipinski definition) is 1. The first kappa shape index (κ1) is 18.8. The summed E-state index contributed by atoms with van der Waals surface area (Å²) in [7, 11) is 0. The van der Waals surface area contributed by atoms with Gasteiger partial charge < -0.3 is 4.74 Å². The highest BCUT2D eigenvalue weighted by Crippen LogP contribution is 2.30. The van der Waals surface area contributed by atoms with Gasteiger partial charge in [-0.1, -0.05) is 60.7 Å². The van der Waals surface area contributed by atoms with Gasteiger partial charge in [0.15, 0.2) is 11.6 Å². The van der Waals surface area contributed by atoms with Crippen LogP contribution in [0.15, 0.2) is 91.0 Å². The summed E-state index contributed by atoms with van der Waals surface area (Å²) < 4.78 is 48.0. The van der Waals surface area contributed by atoms with Crippen LogP contribution < -0.4 is 4.74 Å². The van der Waals surface area contributed by atoms with E-state index in [-0.39, 0.29) is 17.9 Å². The van der Waals surface area contributed by atoms with Crippen molar-refractivity contribution in [3.63, 3.8) is 0 Å². The van der Waals surface area contributed by atoms with Crippen molar-refractivity contribution in [2.45, 2.75) is 6.61 Å². The first-order chi connectivity index (χ1) is 14.1. The molecule has 1 nitrogen and oxygen atoms in total. The van der Waals surface area contributed by atoms with Crippen LogP contribution in [0.2, 0.25) is 0 Å². The molecule has 0 N–H and O–H groups in total. The third-order valence-electron chi connectivity index (χ3n) is 4.61. The summed E-state index contributed by atoms with van der Waals surface area (Å²) in [5.74, 6) is -1.32. The molecule has 0 saturated heterocycles. The Bertz CT molecular complexity index is 1140. The topological polar surface area (TPSA) is 9.23 Å². The standard InChI is InChI=1S/C25H17F3O/c26-21-8-4-7-20(13-21)22-11-9-18(14-23(22)27)19-10-12-25(24(28)15-19)29-16-17-5-2-1-3-6-17/h1-15H,16H2. The lowest BCUT2D eigenvalue weighted by Crippen LogP contribution is -1.97. The zero-order chi connectivity index (χ0) is 20.2. The van der Waals surface area contributed by atoms with E-state index in [1.807, 2.05) is 30.3 Å². The molecule has 4 rings (SSSR count). The SMILES string of the molecule is Fc1cccc(-c2ccc(-c3ccc(OCc4ccccc4)c(F)c3)cc2F)c1. The summed E-state index contributed by atoms with van der Waals surface area (Å²) in [5, 5.41) is 0. The largest absolute Gasteiger partial charge is 0.486 e. The number of benzene rings is 4. The van der Waals surface area contributed by atoms with Gasteiger partial charge in [0.1, 0.15) is 18.2 Å². The second-order valence-electron chi connectivity index (χ2n) is 6.62. The molecule has 0 aliphatic heterocycles. The van der Waals surface area contributed by atoms with E-state index in [2.05, 4.69) is 0 Å². The molecular formula is C25H17F3O. The Morgan fingerprint density at radius 3 is 2.00 bits per heavy atom. The highest BCUT2D eigenvalue weighted by molar-refractivity contribution is 5.71. The molecule has 0 amide bonds. The van der Waals surface area contributed by atoms with E-state index in [0.29, 0.717) is 16.7 Å². The lowest BCUT2D eigenvalue weighted by Gasteiger charge is -2.10. The Hall–Kier alpha value is -3.53. The van der Waals surface area contributed by atoms with Crippen molar-refractivity contribution in [1.29, 1.82) is 0 Å². The van der Waals surface area contributed by atoms with Crippen molar-refractivity contribution >= 4 is 0 Å². The van der Waals surface area contributed by atoms with Gasteiger partial charge in [-0.3, -0.25) is 0 Å². The molecule has 4 heteroatoms. The molecule has 0 bridgehead atoms. The molecule has 0 aromatic heterocycles. The zero-order valence-corrected chi connectivity index (χ0v) is 15.4. The molecule has 0 aliphatic rings. The fourth-order valence-electron chi connectivity index (χ4n) is 3.12. The smallest absolute Gasteiger partial charge is 0.165 e. The lowest BCUT2D eigenvalue weighted by atomic mass is 9.99. The number of ether oxygens (including phenoxy) is 1. The van der Waals surface area contributed by atoms with E-state index in [0.717, 1.165) is 5.56 Å². The van der Waals surface area contributed by atoms with Gasteiger partial charge in [0.05, 0.1) is 0 Å². The van der Waals surface area contributed by atoms with Gasteiger partial charge in [0.25, 0.3) is 0 Å². The minimum Gasteiger partial charge on any atom is -0.486 e. The first-order valence-electron chi connectivity index (χ1n) is 9.12. The first-order valence-corrected chi connectivity index (χ1v) is 9.12. The minimum absolute atomic E-state index is 0.134. The van der Waals surface area contributed by atoms with E-state index in [9.17, 15) is 13.2 Å². The maximum absolute atomic E-state index is 14.6. The van der Waals surface area contributed by atoms with Crippen LogP contribution >= 0.6 is 0 Å². The number of hydrogen-bond donors (Lipinski definition) is 0. The maximum Gasteiger partial charge on any atom is 0.165 e. The number of rotatable bonds is 5. The van der Waals surface area contributed by atoms with Crippen LogP contribution in [0.3, 0.4) is 0 Å². The third-order valence-corrected chi connectivity index (χ3v) is 4.61. The summed E-state index contributed by atoms with van der Waals surface area (Å²) in [6.45, 7) is 0.258. The summed E-state index contributed by atoms with van der Waals surface area (Å²) in [5.41, 5.74) is 2.72. The fraction of sp³-hybridized carbons (Fsp3) is 0.0400. The Morgan fingerprint density at radius 2 is 1.31 bits per heavy atom. The van der Waals surface area contributed by atoms with Gasteiger partial charge in [-0.05, 0) is 52.6 Å². The van der Waals surface area contributed by atoms with E-state index < -0.39 is 17.5 Å². The van der Waals surface area contributed by atoms with Gasteiger partial charge in [-0.25, -0.2) is 13.2 Å². The highest BCUT2D eigenvalue weighted by atomic mass is 19.1.